The Bertz CT molecular complexity index is 371. The van der Waals surface area contributed by atoms with Crippen LogP contribution in [0.1, 0.15) is 28.6 Å². The molecule has 94 valence electrons. The fourth-order valence-electron chi connectivity index (χ4n) is 3.28. The summed E-state index contributed by atoms with van der Waals surface area (Å²) in [6.07, 6.45) is 1.44. The van der Waals surface area contributed by atoms with Crippen LogP contribution in [0.2, 0.25) is 39.3 Å². The summed E-state index contributed by atoms with van der Waals surface area (Å²) in [5.74, 6) is 0. The highest BCUT2D eigenvalue weighted by Crippen LogP contribution is 2.49. The number of hydrogen-bond acceptors (Lipinski definition) is 0. The van der Waals surface area contributed by atoms with Gasteiger partial charge < -0.3 is 0 Å². The van der Waals surface area contributed by atoms with Gasteiger partial charge in [0.15, 0.2) is 0 Å². The van der Waals surface area contributed by atoms with E-state index in [4.69, 9.17) is 0 Å². The molecule has 0 aromatic heterocycles. The average molecular weight is 263 g/mol. The Balaban J connectivity index is 2.47. The standard InChI is InChI=1S/C15H26Si2/c1-16(2,3)14-11-15(17(4,5)6)13-10-8-7-9-12(13)14/h7-10,14-15H,11H2,1-6H3. The molecular weight excluding hydrogens is 236 g/mol. The van der Waals surface area contributed by atoms with Crippen molar-refractivity contribution in [1.29, 1.82) is 0 Å². The molecule has 0 amide bonds. The summed E-state index contributed by atoms with van der Waals surface area (Å²) in [6, 6.07) is 9.27. The smallest absolute Gasteiger partial charge is 0.0521 e. The summed E-state index contributed by atoms with van der Waals surface area (Å²) in [7, 11) is -2.15. The lowest BCUT2D eigenvalue weighted by atomic mass is 10.1. The number of hydrogen-bond donors (Lipinski definition) is 0. The third kappa shape index (κ3) is 2.43. The molecular formula is C15H26Si2. The summed E-state index contributed by atoms with van der Waals surface area (Å²) in [6.45, 7) is 15.2. The lowest BCUT2D eigenvalue weighted by Gasteiger charge is -2.29. The molecule has 0 heterocycles. The molecule has 0 spiro atoms. The van der Waals surface area contributed by atoms with Crippen LogP contribution in [-0.4, -0.2) is 16.1 Å². The van der Waals surface area contributed by atoms with Crippen LogP contribution in [0.4, 0.5) is 0 Å². The summed E-state index contributed by atoms with van der Waals surface area (Å²) in [5, 5.41) is 0. The van der Waals surface area contributed by atoms with Crippen molar-refractivity contribution < 1.29 is 0 Å². The van der Waals surface area contributed by atoms with E-state index < -0.39 is 16.1 Å². The Kier molecular flexibility index (Phi) is 3.15. The minimum absolute atomic E-state index is 0.885. The molecule has 1 aromatic rings. The third-order valence-corrected chi connectivity index (χ3v) is 9.58. The van der Waals surface area contributed by atoms with Crippen molar-refractivity contribution >= 4 is 16.1 Å². The fourth-order valence-corrected chi connectivity index (χ4v) is 7.79. The monoisotopic (exact) mass is 262 g/mol. The largest absolute Gasteiger partial charge is 0.0691 e. The van der Waals surface area contributed by atoms with E-state index in [1.165, 1.54) is 6.42 Å². The van der Waals surface area contributed by atoms with Gasteiger partial charge in [-0.15, -0.1) is 0 Å². The Hall–Kier alpha value is -0.346. The van der Waals surface area contributed by atoms with Crippen molar-refractivity contribution in [2.45, 2.75) is 56.8 Å². The van der Waals surface area contributed by atoms with Gasteiger partial charge in [-0.25, -0.2) is 0 Å². The highest BCUT2D eigenvalue weighted by molar-refractivity contribution is 6.79. The van der Waals surface area contributed by atoms with Gasteiger partial charge in [-0.05, 0) is 28.6 Å². The zero-order valence-electron chi connectivity index (χ0n) is 12.2. The van der Waals surface area contributed by atoms with E-state index in [1.54, 1.807) is 11.1 Å². The topological polar surface area (TPSA) is 0 Å². The first kappa shape index (κ1) is 13.1. The molecule has 2 atom stereocenters. The summed E-state index contributed by atoms with van der Waals surface area (Å²) in [5.41, 5.74) is 5.16. The lowest BCUT2D eigenvalue weighted by molar-refractivity contribution is 0.802. The molecule has 2 rings (SSSR count). The van der Waals surface area contributed by atoms with E-state index in [-0.39, 0.29) is 0 Å². The van der Waals surface area contributed by atoms with E-state index in [9.17, 15) is 0 Å². The molecule has 0 aliphatic heterocycles. The average Bonchev–Trinajstić information content (AvgIpc) is 2.55. The predicted molar refractivity (Wildman–Crippen MR) is 83.2 cm³/mol. The molecule has 0 saturated heterocycles. The van der Waals surface area contributed by atoms with Gasteiger partial charge >= 0.3 is 0 Å². The SMILES string of the molecule is C[Si](C)(C)C1CC([Si](C)(C)C)c2ccccc21. The second kappa shape index (κ2) is 4.09. The lowest BCUT2D eigenvalue weighted by Crippen LogP contribution is -2.33. The minimum atomic E-state index is -1.07. The molecule has 0 nitrogen and oxygen atoms in total. The molecule has 1 aromatic carbocycles. The molecule has 0 fully saturated rings. The zero-order chi connectivity index (χ0) is 12.8. The molecule has 0 saturated carbocycles. The molecule has 0 bridgehead atoms. The molecule has 0 radical (unpaired) electrons. The molecule has 2 unspecified atom stereocenters. The maximum atomic E-state index is 2.53. The maximum absolute atomic E-state index is 2.53. The van der Waals surface area contributed by atoms with Gasteiger partial charge in [-0.3, -0.25) is 0 Å². The predicted octanol–water partition coefficient (Wildman–Crippen LogP) is 5.01. The molecule has 1 aliphatic rings. The van der Waals surface area contributed by atoms with Crippen LogP contribution in [0.5, 0.6) is 0 Å². The Morgan fingerprint density at radius 1 is 0.765 bits per heavy atom. The summed E-state index contributed by atoms with van der Waals surface area (Å²) < 4.78 is 0. The van der Waals surface area contributed by atoms with E-state index in [1.807, 2.05) is 0 Å². The van der Waals surface area contributed by atoms with Crippen LogP contribution in [0.3, 0.4) is 0 Å². The highest BCUT2D eigenvalue weighted by atomic mass is 28.3. The normalized spacial score (nSPS) is 24.8. The van der Waals surface area contributed by atoms with Gasteiger partial charge in [0.1, 0.15) is 0 Å². The summed E-state index contributed by atoms with van der Waals surface area (Å²) >= 11 is 0. The maximum Gasteiger partial charge on any atom is 0.0521 e. The van der Waals surface area contributed by atoms with Crippen molar-refractivity contribution in [2.24, 2.45) is 0 Å². The van der Waals surface area contributed by atoms with Crippen molar-refractivity contribution in [3.8, 4) is 0 Å². The number of rotatable bonds is 2. The van der Waals surface area contributed by atoms with Gasteiger partial charge in [-0.2, -0.15) is 0 Å². The second-order valence-corrected chi connectivity index (χ2v) is 18.6. The van der Waals surface area contributed by atoms with E-state index >= 15 is 0 Å². The minimum Gasteiger partial charge on any atom is -0.0691 e. The second-order valence-electron chi connectivity index (χ2n) is 7.70. The zero-order valence-corrected chi connectivity index (χ0v) is 14.2. The van der Waals surface area contributed by atoms with Gasteiger partial charge in [0.2, 0.25) is 0 Å². The third-order valence-electron chi connectivity index (χ3n) is 4.31. The fraction of sp³-hybridized carbons (Fsp3) is 0.600. The number of benzene rings is 1. The van der Waals surface area contributed by atoms with Crippen LogP contribution < -0.4 is 0 Å². The molecule has 0 N–H and O–H groups in total. The first-order chi connectivity index (χ1) is 7.71. The van der Waals surface area contributed by atoms with E-state index in [0.717, 1.165) is 11.1 Å². The van der Waals surface area contributed by atoms with Crippen LogP contribution in [0.15, 0.2) is 24.3 Å². The Morgan fingerprint density at radius 2 is 1.12 bits per heavy atom. The number of fused-ring (bicyclic) bond motifs is 1. The van der Waals surface area contributed by atoms with Gasteiger partial charge in [0.05, 0.1) is 16.1 Å². The Labute approximate surface area is 108 Å². The highest BCUT2D eigenvalue weighted by Gasteiger charge is 2.42. The van der Waals surface area contributed by atoms with Crippen LogP contribution in [-0.2, 0) is 0 Å². The quantitative estimate of drug-likeness (QED) is 0.657. The van der Waals surface area contributed by atoms with Gasteiger partial charge in [-0.1, -0.05) is 63.5 Å². The van der Waals surface area contributed by atoms with Crippen molar-refractivity contribution in [3.63, 3.8) is 0 Å². The van der Waals surface area contributed by atoms with Gasteiger partial charge in [0.25, 0.3) is 0 Å². The molecule has 17 heavy (non-hydrogen) atoms. The first-order valence-corrected chi connectivity index (χ1v) is 14.0. The van der Waals surface area contributed by atoms with Crippen LogP contribution in [0, 0.1) is 0 Å². The summed E-state index contributed by atoms with van der Waals surface area (Å²) in [4.78, 5) is 0. The van der Waals surface area contributed by atoms with Crippen molar-refractivity contribution in [2.75, 3.05) is 0 Å². The molecule has 1 aliphatic carbocycles. The van der Waals surface area contributed by atoms with Crippen molar-refractivity contribution in [1.82, 2.24) is 0 Å². The first-order valence-electron chi connectivity index (χ1n) is 6.80. The van der Waals surface area contributed by atoms with Crippen LogP contribution >= 0.6 is 0 Å². The Morgan fingerprint density at radius 3 is 1.41 bits per heavy atom. The van der Waals surface area contributed by atoms with Gasteiger partial charge in [0, 0.05) is 0 Å². The van der Waals surface area contributed by atoms with E-state index in [2.05, 4.69) is 63.5 Å². The van der Waals surface area contributed by atoms with Crippen molar-refractivity contribution in [3.05, 3.63) is 35.4 Å². The van der Waals surface area contributed by atoms with Crippen LogP contribution in [0.25, 0.3) is 0 Å². The molecule has 2 heteroatoms. The van der Waals surface area contributed by atoms with E-state index in [0.29, 0.717) is 0 Å².